The zero-order valence-electron chi connectivity index (χ0n) is 34.7. The van der Waals surface area contributed by atoms with Crippen LogP contribution in [0.2, 0.25) is 0 Å². The molecule has 0 aromatic heterocycles. The Balaban J connectivity index is 4.51. The Morgan fingerprint density at radius 3 is 0.883 bits per heavy atom. The SMILES string of the molecule is CSCC(=O)CC[C@H](NC(=O)CC[C@H](NC(=O)CC[C@H](NC(=O)CC[C@H](NC(=O)CCCCCCCCCCCCCCCCC(=O)O)C(=O)O)C(=O)O)C(=O)O)C(=O)O. The number of carbonyl (C=O) groups excluding carboxylic acids is 5. The van der Waals surface area contributed by atoms with Gasteiger partial charge in [-0.15, -0.1) is 0 Å². The van der Waals surface area contributed by atoms with Crippen LogP contribution in [0.1, 0.15) is 154 Å². The summed E-state index contributed by atoms with van der Waals surface area (Å²) in [7, 11) is 0. The fourth-order valence-corrected chi connectivity index (χ4v) is 6.61. The maximum atomic E-state index is 12.5. The molecule has 0 fully saturated rings. The Morgan fingerprint density at radius 1 is 0.367 bits per heavy atom. The van der Waals surface area contributed by atoms with E-state index < -0.39 is 110 Å². The van der Waals surface area contributed by atoms with E-state index in [0.29, 0.717) is 6.42 Å². The lowest BCUT2D eigenvalue weighted by atomic mass is 10.0. The molecule has 0 saturated heterocycles. The average Bonchev–Trinajstić information content (AvgIpc) is 3.17. The third kappa shape index (κ3) is 30.3. The molecule has 0 aromatic carbocycles. The smallest absolute Gasteiger partial charge is 0.326 e. The van der Waals surface area contributed by atoms with Gasteiger partial charge >= 0.3 is 29.8 Å². The van der Waals surface area contributed by atoms with Crippen molar-refractivity contribution in [2.24, 2.45) is 0 Å². The second-order valence-electron chi connectivity index (χ2n) is 14.8. The van der Waals surface area contributed by atoms with Crippen LogP contribution < -0.4 is 21.3 Å². The molecule has 19 nitrogen and oxygen atoms in total. The van der Waals surface area contributed by atoms with Crippen molar-refractivity contribution in [1.29, 1.82) is 0 Å². The predicted octanol–water partition coefficient (Wildman–Crippen LogP) is 3.64. The summed E-state index contributed by atoms with van der Waals surface area (Å²) in [5, 5.41) is 55.6. The van der Waals surface area contributed by atoms with E-state index in [0.717, 1.165) is 64.2 Å². The highest BCUT2D eigenvalue weighted by molar-refractivity contribution is 7.99. The van der Waals surface area contributed by atoms with Gasteiger partial charge in [0, 0.05) is 38.5 Å². The van der Waals surface area contributed by atoms with Gasteiger partial charge in [-0.2, -0.15) is 11.8 Å². The van der Waals surface area contributed by atoms with Crippen LogP contribution in [0.4, 0.5) is 0 Å². The summed E-state index contributed by atoms with van der Waals surface area (Å²) >= 11 is 1.27. The van der Waals surface area contributed by atoms with Gasteiger partial charge in [-0.1, -0.05) is 77.0 Å². The van der Waals surface area contributed by atoms with E-state index in [-0.39, 0.29) is 43.6 Å². The molecule has 0 aliphatic carbocycles. The highest BCUT2D eigenvalue weighted by Gasteiger charge is 2.27. The molecule has 0 saturated carbocycles. The highest BCUT2D eigenvalue weighted by atomic mass is 32.2. The van der Waals surface area contributed by atoms with Crippen LogP contribution in [-0.4, -0.2) is 121 Å². The van der Waals surface area contributed by atoms with Crippen LogP contribution in [0.3, 0.4) is 0 Å². The highest BCUT2D eigenvalue weighted by Crippen LogP contribution is 2.14. The van der Waals surface area contributed by atoms with Gasteiger partial charge in [0.1, 0.15) is 30.0 Å². The Hall–Kier alpha value is -4.75. The fourth-order valence-electron chi connectivity index (χ4n) is 6.14. The summed E-state index contributed by atoms with van der Waals surface area (Å²) in [6.45, 7) is 0. The van der Waals surface area contributed by atoms with Crippen molar-refractivity contribution in [2.45, 2.75) is 178 Å². The van der Waals surface area contributed by atoms with Crippen LogP contribution in [0.5, 0.6) is 0 Å². The van der Waals surface area contributed by atoms with Crippen molar-refractivity contribution in [3.05, 3.63) is 0 Å². The Kier molecular flexibility index (Phi) is 31.3. The monoisotopic (exact) mass is 874 g/mol. The molecule has 60 heavy (non-hydrogen) atoms. The van der Waals surface area contributed by atoms with Gasteiger partial charge < -0.3 is 46.8 Å². The second-order valence-corrected chi connectivity index (χ2v) is 15.7. The zero-order valence-corrected chi connectivity index (χ0v) is 35.5. The van der Waals surface area contributed by atoms with Gasteiger partial charge in [-0.25, -0.2) is 19.2 Å². The lowest BCUT2D eigenvalue weighted by Crippen LogP contribution is -2.45. The molecule has 0 radical (unpaired) electrons. The second kappa shape index (κ2) is 34.0. The van der Waals surface area contributed by atoms with Crippen molar-refractivity contribution in [3.8, 4) is 0 Å². The van der Waals surface area contributed by atoms with Gasteiger partial charge in [0.25, 0.3) is 0 Å². The summed E-state index contributed by atoms with van der Waals surface area (Å²) < 4.78 is 0. The van der Waals surface area contributed by atoms with Crippen LogP contribution in [0, 0.1) is 0 Å². The Morgan fingerprint density at radius 2 is 0.617 bits per heavy atom. The van der Waals surface area contributed by atoms with E-state index in [1.165, 1.54) is 31.0 Å². The van der Waals surface area contributed by atoms with Crippen LogP contribution in [0.25, 0.3) is 0 Å². The number of ketones is 1. The first kappa shape index (κ1) is 55.2. The molecule has 0 aliphatic heterocycles. The maximum Gasteiger partial charge on any atom is 0.326 e. The maximum absolute atomic E-state index is 12.5. The van der Waals surface area contributed by atoms with Crippen molar-refractivity contribution < 1.29 is 73.5 Å². The summed E-state index contributed by atoms with van der Waals surface area (Å²) in [5.41, 5.74) is 0. The minimum atomic E-state index is -1.59. The van der Waals surface area contributed by atoms with Gasteiger partial charge in [-0.05, 0) is 44.8 Å². The van der Waals surface area contributed by atoms with E-state index in [9.17, 15) is 68.4 Å². The van der Waals surface area contributed by atoms with Crippen LogP contribution in [0.15, 0.2) is 0 Å². The molecule has 9 N–H and O–H groups in total. The number of carboxylic acid groups (broad SMARTS) is 5. The minimum Gasteiger partial charge on any atom is -0.481 e. The van der Waals surface area contributed by atoms with Crippen LogP contribution >= 0.6 is 11.8 Å². The number of carboxylic acids is 5. The van der Waals surface area contributed by atoms with Gasteiger partial charge in [0.15, 0.2) is 0 Å². The van der Waals surface area contributed by atoms with Crippen molar-refractivity contribution in [3.63, 3.8) is 0 Å². The number of aliphatic carboxylic acids is 5. The first-order valence-electron chi connectivity index (χ1n) is 20.8. The average molecular weight is 875 g/mol. The van der Waals surface area contributed by atoms with Crippen molar-refractivity contribution >= 4 is 71.0 Å². The standard InChI is InChI=1S/C40H66N4O15S/c1-60-26-27(45)18-19-28(37(52)53)42-33(47)24-21-30(39(56)57)44-35(49)25-22-31(40(58)59)43-34(48)23-20-29(38(54)55)41-32(46)16-14-12-10-8-6-4-2-3-5-7-9-11-13-15-17-36(50)51/h28-31H,2-26H2,1H3,(H,41,46)(H,42,47)(H,43,48)(H,44,49)(H,50,51)(H,52,53)(H,54,55)(H,56,57)(H,58,59)/t28-,29-,30-,31-/m0/s1. The number of rotatable bonds is 39. The van der Waals surface area contributed by atoms with E-state index >= 15 is 0 Å². The normalized spacial score (nSPS) is 12.9. The molecular formula is C40H66N4O15S. The summed E-state index contributed by atoms with van der Waals surface area (Å²) in [4.78, 5) is 119. The topological polar surface area (TPSA) is 320 Å². The quantitative estimate of drug-likeness (QED) is 0.0398. The number of Topliss-reactive ketones (excluding diaryl/α,β-unsaturated/α-hetero) is 1. The van der Waals surface area contributed by atoms with Crippen molar-refractivity contribution in [2.75, 3.05) is 12.0 Å². The molecule has 4 amide bonds. The molecule has 20 heteroatoms. The summed E-state index contributed by atoms with van der Waals surface area (Å²) in [6, 6.07) is -5.96. The molecule has 342 valence electrons. The number of nitrogens with one attached hydrogen (secondary N) is 4. The molecule has 0 spiro atoms. The number of hydrogen-bond donors (Lipinski definition) is 9. The molecule has 0 unspecified atom stereocenters. The number of unbranched alkanes of at least 4 members (excludes halogenated alkanes) is 13. The van der Waals surface area contributed by atoms with E-state index in [2.05, 4.69) is 21.3 Å². The minimum absolute atomic E-state index is 0.0857. The molecule has 0 aliphatic rings. The lowest BCUT2D eigenvalue weighted by Gasteiger charge is -2.18. The van der Waals surface area contributed by atoms with Gasteiger partial charge in [0.2, 0.25) is 23.6 Å². The summed E-state index contributed by atoms with van der Waals surface area (Å²) in [5.74, 6) is -9.60. The number of carbonyl (C=O) groups is 10. The number of thioether (sulfide) groups is 1. The van der Waals surface area contributed by atoms with Gasteiger partial charge in [-0.3, -0.25) is 28.8 Å². The molecular weight excluding hydrogens is 809 g/mol. The first-order chi connectivity index (χ1) is 28.5. The number of amides is 4. The molecule has 4 atom stereocenters. The lowest BCUT2D eigenvalue weighted by molar-refractivity contribution is -0.144. The number of hydrogen-bond acceptors (Lipinski definition) is 11. The van der Waals surface area contributed by atoms with Crippen molar-refractivity contribution in [1.82, 2.24) is 21.3 Å². The third-order valence-electron chi connectivity index (χ3n) is 9.58. The van der Waals surface area contributed by atoms with E-state index in [1.807, 2.05) is 0 Å². The first-order valence-corrected chi connectivity index (χ1v) is 22.2. The zero-order chi connectivity index (χ0) is 45.3. The molecule has 0 bridgehead atoms. The Labute approximate surface area is 355 Å². The molecule has 0 aromatic rings. The molecule has 0 rings (SSSR count). The Bertz CT molecular complexity index is 1400. The fraction of sp³-hybridized carbons (Fsp3) is 0.750. The summed E-state index contributed by atoms with van der Waals surface area (Å²) in [6.07, 6.45) is 13.3. The van der Waals surface area contributed by atoms with Crippen LogP contribution in [-0.2, 0) is 47.9 Å². The van der Waals surface area contributed by atoms with E-state index in [1.54, 1.807) is 6.26 Å². The largest absolute Gasteiger partial charge is 0.481 e. The molecule has 0 heterocycles. The van der Waals surface area contributed by atoms with Gasteiger partial charge in [0.05, 0.1) is 5.75 Å². The van der Waals surface area contributed by atoms with E-state index in [4.69, 9.17) is 5.11 Å². The predicted molar refractivity (Wildman–Crippen MR) is 220 cm³/mol. The third-order valence-corrected chi connectivity index (χ3v) is 10.2.